The van der Waals surface area contributed by atoms with Gasteiger partial charge in [-0.3, -0.25) is 4.79 Å². The maximum absolute atomic E-state index is 12.0. The van der Waals surface area contributed by atoms with Crippen LogP contribution in [0.3, 0.4) is 0 Å². The van der Waals surface area contributed by atoms with Crippen molar-refractivity contribution < 1.29 is 4.79 Å². The minimum atomic E-state index is 0.124. The molecule has 0 bridgehead atoms. The molecule has 0 N–H and O–H groups in total. The minimum absolute atomic E-state index is 0.124. The lowest BCUT2D eigenvalue weighted by molar-refractivity contribution is 0.103. The zero-order chi connectivity index (χ0) is 10.7. The van der Waals surface area contributed by atoms with Crippen LogP contribution in [0, 0.1) is 5.92 Å². The van der Waals surface area contributed by atoms with Gasteiger partial charge in [-0.05, 0) is 12.3 Å². The summed E-state index contributed by atoms with van der Waals surface area (Å²) in [5.41, 5.74) is 1.59. The first-order valence-electron chi connectivity index (χ1n) is 5.25. The van der Waals surface area contributed by atoms with E-state index in [4.69, 9.17) is 0 Å². The van der Waals surface area contributed by atoms with Gasteiger partial charge in [0.2, 0.25) is 0 Å². The van der Waals surface area contributed by atoms with Gasteiger partial charge in [-0.15, -0.1) is 0 Å². The third-order valence-electron chi connectivity index (χ3n) is 2.57. The SMILES string of the molecule is C[C@H]1C=C(C(=O)c2ccccc2)C=CC1. The van der Waals surface area contributed by atoms with Crippen molar-refractivity contribution in [2.24, 2.45) is 5.92 Å². The summed E-state index contributed by atoms with van der Waals surface area (Å²) in [4.78, 5) is 12.0. The fraction of sp³-hybridized carbons (Fsp3) is 0.214. The molecule has 0 saturated heterocycles. The Morgan fingerprint density at radius 3 is 2.67 bits per heavy atom. The molecular formula is C14H14O. The van der Waals surface area contributed by atoms with Crippen molar-refractivity contribution in [3.8, 4) is 0 Å². The molecule has 15 heavy (non-hydrogen) atoms. The van der Waals surface area contributed by atoms with Gasteiger partial charge in [0, 0.05) is 11.1 Å². The van der Waals surface area contributed by atoms with E-state index < -0.39 is 0 Å². The Morgan fingerprint density at radius 1 is 1.27 bits per heavy atom. The van der Waals surface area contributed by atoms with Crippen molar-refractivity contribution in [2.45, 2.75) is 13.3 Å². The molecule has 0 amide bonds. The molecule has 76 valence electrons. The molecule has 1 heteroatoms. The highest BCUT2D eigenvalue weighted by molar-refractivity contribution is 6.10. The van der Waals surface area contributed by atoms with Gasteiger partial charge in [0.1, 0.15) is 0 Å². The molecule has 1 nitrogen and oxygen atoms in total. The smallest absolute Gasteiger partial charge is 0.192 e. The van der Waals surface area contributed by atoms with Crippen LogP contribution in [0.4, 0.5) is 0 Å². The van der Waals surface area contributed by atoms with Crippen LogP contribution < -0.4 is 0 Å². The molecule has 1 aromatic rings. The topological polar surface area (TPSA) is 17.1 Å². The van der Waals surface area contributed by atoms with E-state index in [0.717, 1.165) is 17.6 Å². The van der Waals surface area contributed by atoms with Crippen LogP contribution in [-0.2, 0) is 0 Å². The standard InChI is InChI=1S/C14H14O/c1-11-6-5-9-13(10-11)14(15)12-7-3-2-4-8-12/h2-5,7-11H,6H2,1H3/t11-/m1/s1. The van der Waals surface area contributed by atoms with Crippen molar-refractivity contribution in [3.05, 3.63) is 59.7 Å². The van der Waals surface area contributed by atoms with E-state index in [9.17, 15) is 4.79 Å². The minimum Gasteiger partial charge on any atom is -0.289 e. The molecule has 1 aliphatic rings. The van der Waals surface area contributed by atoms with Gasteiger partial charge in [0.25, 0.3) is 0 Å². The Morgan fingerprint density at radius 2 is 2.00 bits per heavy atom. The first-order chi connectivity index (χ1) is 7.27. The lowest BCUT2D eigenvalue weighted by Crippen LogP contribution is -2.06. The summed E-state index contributed by atoms with van der Waals surface area (Å²) >= 11 is 0. The fourth-order valence-electron chi connectivity index (χ4n) is 1.75. The number of carbonyl (C=O) groups excluding carboxylic acids is 1. The predicted molar refractivity (Wildman–Crippen MR) is 61.8 cm³/mol. The molecule has 2 rings (SSSR count). The molecule has 0 aromatic heterocycles. The third-order valence-corrected chi connectivity index (χ3v) is 2.57. The normalized spacial score (nSPS) is 19.8. The second-order valence-corrected chi connectivity index (χ2v) is 3.93. The molecule has 0 aliphatic heterocycles. The van der Waals surface area contributed by atoms with E-state index in [1.165, 1.54) is 0 Å². The Hall–Kier alpha value is -1.63. The molecule has 0 saturated carbocycles. The van der Waals surface area contributed by atoms with Crippen molar-refractivity contribution in [3.63, 3.8) is 0 Å². The summed E-state index contributed by atoms with van der Waals surface area (Å²) in [7, 11) is 0. The van der Waals surface area contributed by atoms with Crippen LogP contribution in [0.25, 0.3) is 0 Å². The van der Waals surface area contributed by atoms with Gasteiger partial charge < -0.3 is 0 Å². The number of hydrogen-bond acceptors (Lipinski definition) is 1. The zero-order valence-electron chi connectivity index (χ0n) is 8.81. The molecule has 0 heterocycles. The molecule has 0 radical (unpaired) electrons. The molecule has 1 aliphatic carbocycles. The van der Waals surface area contributed by atoms with Crippen molar-refractivity contribution in [2.75, 3.05) is 0 Å². The van der Waals surface area contributed by atoms with Crippen molar-refractivity contribution in [1.82, 2.24) is 0 Å². The quantitative estimate of drug-likeness (QED) is 0.666. The molecule has 0 spiro atoms. The first kappa shape index (κ1) is 9.91. The maximum atomic E-state index is 12.0. The highest BCUT2D eigenvalue weighted by atomic mass is 16.1. The predicted octanol–water partition coefficient (Wildman–Crippen LogP) is 3.39. The van der Waals surface area contributed by atoms with Gasteiger partial charge in [-0.2, -0.15) is 0 Å². The van der Waals surface area contributed by atoms with Gasteiger partial charge in [0.05, 0.1) is 0 Å². The summed E-state index contributed by atoms with van der Waals surface area (Å²) < 4.78 is 0. The number of Topliss-reactive ketones (excluding diaryl/α,β-unsaturated/α-hetero) is 1. The summed E-state index contributed by atoms with van der Waals surface area (Å²) in [5, 5.41) is 0. The highest BCUT2D eigenvalue weighted by Crippen LogP contribution is 2.19. The molecule has 0 unspecified atom stereocenters. The van der Waals surface area contributed by atoms with Crippen LogP contribution in [0.2, 0.25) is 0 Å². The second kappa shape index (κ2) is 4.26. The average Bonchev–Trinajstić information content (AvgIpc) is 2.29. The lowest BCUT2D eigenvalue weighted by atomic mass is 9.93. The zero-order valence-corrected chi connectivity index (χ0v) is 8.81. The van der Waals surface area contributed by atoms with E-state index in [0.29, 0.717) is 5.92 Å². The van der Waals surface area contributed by atoms with Crippen molar-refractivity contribution in [1.29, 1.82) is 0 Å². The van der Waals surface area contributed by atoms with E-state index in [2.05, 4.69) is 19.1 Å². The maximum Gasteiger partial charge on any atom is 0.192 e. The van der Waals surface area contributed by atoms with Crippen molar-refractivity contribution >= 4 is 5.78 Å². The van der Waals surface area contributed by atoms with E-state index >= 15 is 0 Å². The fourth-order valence-corrected chi connectivity index (χ4v) is 1.75. The largest absolute Gasteiger partial charge is 0.289 e. The number of benzene rings is 1. The van der Waals surface area contributed by atoms with Gasteiger partial charge in [0.15, 0.2) is 5.78 Å². The summed E-state index contributed by atoms with van der Waals surface area (Å²) in [6.45, 7) is 2.13. The van der Waals surface area contributed by atoms with Gasteiger partial charge in [-0.1, -0.05) is 55.5 Å². The Bertz CT molecular complexity index is 412. The average molecular weight is 198 g/mol. The molecular weight excluding hydrogens is 184 g/mol. The van der Waals surface area contributed by atoms with E-state index in [-0.39, 0.29) is 5.78 Å². The number of hydrogen-bond donors (Lipinski definition) is 0. The van der Waals surface area contributed by atoms with Crippen LogP contribution in [0.5, 0.6) is 0 Å². The summed E-state index contributed by atoms with van der Waals surface area (Å²) in [6, 6.07) is 9.42. The van der Waals surface area contributed by atoms with Crippen LogP contribution >= 0.6 is 0 Å². The highest BCUT2D eigenvalue weighted by Gasteiger charge is 2.12. The number of ketones is 1. The third kappa shape index (κ3) is 2.24. The number of rotatable bonds is 2. The molecule has 1 atom stereocenters. The summed E-state index contributed by atoms with van der Waals surface area (Å²) in [6.07, 6.45) is 7.08. The Balaban J connectivity index is 2.26. The van der Waals surface area contributed by atoms with Gasteiger partial charge in [-0.25, -0.2) is 0 Å². The van der Waals surface area contributed by atoms with Crippen LogP contribution in [-0.4, -0.2) is 5.78 Å². The van der Waals surface area contributed by atoms with Gasteiger partial charge >= 0.3 is 0 Å². The monoisotopic (exact) mass is 198 g/mol. The first-order valence-corrected chi connectivity index (χ1v) is 5.25. The Labute approximate surface area is 90.1 Å². The number of carbonyl (C=O) groups is 1. The lowest BCUT2D eigenvalue weighted by Gasteiger charge is -2.11. The number of allylic oxidation sites excluding steroid dienone is 4. The van der Waals surface area contributed by atoms with E-state index in [1.807, 2.05) is 36.4 Å². The van der Waals surface area contributed by atoms with Crippen LogP contribution in [0.1, 0.15) is 23.7 Å². The Kier molecular flexibility index (Phi) is 2.82. The summed E-state index contributed by atoms with van der Waals surface area (Å²) in [5.74, 6) is 0.594. The van der Waals surface area contributed by atoms with Crippen LogP contribution in [0.15, 0.2) is 54.1 Å². The second-order valence-electron chi connectivity index (χ2n) is 3.93. The molecule has 0 fully saturated rings. The van der Waals surface area contributed by atoms with E-state index in [1.54, 1.807) is 0 Å². The molecule has 1 aromatic carbocycles.